The van der Waals surface area contributed by atoms with Crippen LogP contribution < -0.4 is 10.2 Å². The molecule has 4 nitrogen and oxygen atoms in total. The maximum atomic E-state index is 12.2. The molecule has 2 heterocycles. The number of nitrogens with zero attached hydrogens (tertiary/aromatic N) is 2. The summed E-state index contributed by atoms with van der Waals surface area (Å²) in [7, 11) is 0. The Bertz CT molecular complexity index is 682. The quantitative estimate of drug-likeness (QED) is 0.912. The molecule has 0 atom stereocenters. The molecule has 1 saturated heterocycles. The zero-order valence-electron chi connectivity index (χ0n) is 11.9. The van der Waals surface area contributed by atoms with Gasteiger partial charge in [-0.05, 0) is 43.2 Å². The standard InChI is InChI=1S/C16H15Cl2N3O/c17-13-5-3-11(9-14(13)18)16(22)20-15-6-4-12(10-19-15)21-7-1-2-8-21/h3-6,9-10H,1-2,7-8H2,(H,19,20,22). The number of rotatable bonds is 3. The van der Waals surface area contributed by atoms with E-state index in [1.54, 1.807) is 18.3 Å². The number of pyridine rings is 1. The number of carbonyl (C=O) groups is 1. The largest absolute Gasteiger partial charge is 0.370 e. The van der Waals surface area contributed by atoms with Crippen LogP contribution in [0.15, 0.2) is 36.5 Å². The van der Waals surface area contributed by atoms with Crippen LogP contribution in [0.25, 0.3) is 0 Å². The Morgan fingerprint density at radius 1 is 1.09 bits per heavy atom. The Morgan fingerprint density at radius 2 is 1.86 bits per heavy atom. The Labute approximate surface area is 139 Å². The van der Waals surface area contributed by atoms with E-state index < -0.39 is 0 Å². The van der Waals surface area contributed by atoms with Crippen molar-refractivity contribution in [3.05, 3.63) is 52.1 Å². The highest BCUT2D eigenvalue weighted by Gasteiger charge is 2.13. The van der Waals surface area contributed by atoms with Crippen LogP contribution in [0.1, 0.15) is 23.2 Å². The minimum Gasteiger partial charge on any atom is -0.370 e. The van der Waals surface area contributed by atoms with Crippen molar-refractivity contribution >= 4 is 40.6 Å². The first kappa shape index (κ1) is 15.1. The first-order valence-corrected chi connectivity index (χ1v) is 7.86. The Morgan fingerprint density at radius 3 is 2.50 bits per heavy atom. The molecule has 1 N–H and O–H groups in total. The summed E-state index contributed by atoms with van der Waals surface area (Å²) in [6.45, 7) is 2.13. The first-order chi connectivity index (χ1) is 10.6. The maximum absolute atomic E-state index is 12.2. The lowest BCUT2D eigenvalue weighted by atomic mass is 10.2. The summed E-state index contributed by atoms with van der Waals surface area (Å²) >= 11 is 11.8. The van der Waals surface area contributed by atoms with Crippen molar-refractivity contribution in [1.82, 2.24) is 4.98 Å². The van der Waals surface area contributed by atoms with Crippen LogP contribution in [-0.2, 0) is 0 Å². The molecule has 3 rings (SSSR count). The molecule has 0 saturated carbocycles. The van der Waals surface area contributed by atoms with Crippen LogP contribution in [-0.4, -0.2) is 24.0 Å². The van der Waals surface area contributed by atoms with Gasteiger partial charge in [-0.15, -0.1) is 0 Å². The minimum absolute atomic E-state index is 0.264. The van der Waals surface area contributed by atoms with Gasteiger partial charge in [-0.25, -0.2) is 4.98 Å². The topological polar surface area (TPSA) is 45.2 Å². The van der Waals surface area contributed by atoms with Crippen molar-refractivity contribution in [3.63, 3.8) is 0 Å². The number of anilines is 2. The molecule has 0 spiro atoms. The molecular formula is C16H15Cl2N3O. The van der Waals surface area contributed by atoms with Gasteiger partial charge in [-0.1, -0.05) is 23.2 Å². The molecule has 114 valence electrons. The third kappa shape index (κ3) is 3.34. The van der Waals surface area contributed by atoms with Crippen molar-refractivity contribution < 1.29 is 4.79 Å². The number of carbonyl (C=O) groups excluding carboxylic acids is 1. The van der Waals surface area contributed by atoms with E-state index in [1.165, 1.54) is 18.9 Å². The molecule has 1 aliphatic rings. The third-order valence-corrected chi connectivity index (χ3v) is 4.38. The van der Waals surface area contributed by atoms with Crippen molar-refractivity contribution in [2.24, 2.45) is 0 Å². The molecule has 0 aliphatic carbocycles. The van der Waals surface area contributed by atoms with Gasteiger partial charge in [0.2, 0.25) is 0 Å². The summed E-state index contributed by atoms with van der Waals surface area (Å²) in [5, 5.41) is 3.53. The second kappa shape index (κ2) is 6.55. The van der Waals surface area contributed by atoms with Gasteiger partial charge < -0.3 is 10.2 Å². The van der Waals surface area contributed by atoms with Crippen molar-refractivity contribution in [2.45, 2.75) is 12.8 Å². The summed E-state index contributed by atoms with van der Waals surface area (Å²) in [6.07, 6.45) is 4.22. The Kier molecular flexibility index (Phi) is 4.50. The van der Waals surface area contributed by atoms with Crippen LogP contribution >= 0.6 is 23.2 Å². The smallest absolute Gasteiger partial charge is 0.256 e. The van der Waals surface area contributed by atoms with Crippen LogP contribution in [0.3, 0.4) is 0 Å². The first-order valence-electron chi connectivity index (χ1n) is 7.11. The Hall–Kier alpha value is -1.78. The zero-order chi connectivity index (χ0) is 15.5. The van der Waals surface area contributed by atoms with Crippen LogP contribution in [0, 0.1) is 0 Å². The van der Waals surface area contributed by atoms with E-state index in [1.807, 2.05) is 12.1 Å². The summed E-state index contributed by atoms with van der Waals surface area (Å²) in [6, 6.07) is 8.55. The van der Waals surface area contributed by atoms with Gasteiger partial charge in [0.05, 0.1) is 21.9 Å². The lowest BCUT2D eigenvalue weighted by Gasteiger charge is -2.17. The van der Waals surface area contributed by atoms with Crippen LogP contribution in [0.4, 0.5) is 11.5 Å². The average molecular weight is 336 g/mol. The molecule has 6 heteroatoms. The molecule has 1 fully saturated rings. The van der Waals surface area contributed by atoms with Crippen molar-refractivity contribution in [2.75, 3.05) is 23.3 Å². The lowest BCUT2D eigenvalue weighted by Crippen LogP contribution is -2.18. The van der Waals surface area contributed by atoms with E-state index in [4.69, 9.17) is 23.2 Å². The third-order valence-electron chi connectivity index (χ3n) is 3.64. The van der Waals surface area contributed by atoms with Gasteiger partial charge >= 0.3 is 0 Å². The fourth-order valence-corrected chi connectivity index (χ4v) is 2.75. The molecule has 0 radical (unpaired) electrons. The van der Waals surface area contributed by atoms with E-state index >= 15 is 0 Å². The number of hydrogen-bond acceptors (Lipinski definition) is 3. The van der Waals surface area contributed by atoms with Crippen LogP contribution in [0.5, 0.6) is 0 Å². The summed E-state index contributed by atoms with van der Waals surface area (Å²) in [5.41, 5.74) is 1.53. The molecule has 1 aliphatic heterocycles. The maximum Gasteiger partial charge on any atom is 0.256 e. The van der Waals surface area contributed by atoms with Crippen molar-refractivity contribution in [3.8, 4) is 0 Å². The van der Waals surface area contributed by atoms with Crippen LogP contribution in [0.2, 0.25) is 10.0 Å². The molecule has 2 aromatic rings. The van der Waals surface area contributed by atoms with Crippen molar-refractivity contribution in [1.29, 1.82) is 0 Å². The fraction of sp³-hybridized carbons (Fsp3) is 0.250. The molecule has 0 unspecified atom stereocenters. The number of amides is 1. The Balaban J connectivity index is 1.69. The molecular weight excluding hydrogens is 321 g/mol. The molecule has 1 amide bonds. The summed E-state index contributed by atoms with van der Waals surface area (Å²) in [5.74, 6) is 0.249. The van der Waals surface area contributed by atoms with Gasteiger partial charge in [-0.2, -0.15) is 0 Å². The highest BCUT2D eigenvalue weighted by atomic mass is 35.5. The van der Waals surface area contributed by atoms with E-state index in [9.17, 15) is 4.79 Å². The van der Waals surface area contributed by atoms with Gasteiger partial charge in [0.15, 0.2) is 0 Å². The SMILES string of the molecule is O=C(Nc1ccc(N2CCCC2)cn1)c1ccc(Cl)c(Cl)c1. The molecule has 0 bridgehead atoms. The number of aromatic nitrogens is 1. The number of nitrogens with one attached hydrogen (secondary N) is 1. The number of benzene rings is 1. The summed E-state index contributed by atoms with van der Waals surface area (Å²) < 4.78 is 0. The molecule has 1 aromatic carbocycles. The molecule has 22 heavy (non-hydrogen) atoms. The highest BCUT2D eigenvalue weighted by molar-refractivity contribution is 6.42. The number of halogens is 2. The second-order valence-electron chi connectivity index (χ2n) is 5.18. The van der Waals surface area contributed by atoms with Gasteiger partial charge in [0.1, 0.15) is 5.82 Å². The minimum atomic E-state index is -0.264. The van der Waals surface area contributed by atoms with E-state index in [0.717, 1.165) is 18.8 Å². The zero-order valence-corrected chi connectivity index (χ0v) is 13.4. The number of hydrogen-bond donors (Lipinski definition) is 1. The fourth-order valence-electron chi connectivity index (χ4n) is 2.45. The van der Waals surface area contributed by atoms with E-state index in [-0.39, 0.29) is 5.91 Å². The van der Waals surface area contributed by atoms with Gasteiger partial charge in [0, 0.05) is 18.7 Å². The normalized spacial score (nSPS) is 14.2. The second-order valence-corrected chi connectivity index (χ2v) is 5.99. The van der Waals surface area contributed by atoms with Gasteiger partial charge in [0.25, 0.3) is 5.91 Å². The average Bonchev–Trinajstić information content (AvgIpc) is 3.05. The van der Waals surface area contributed by atoms with E-state index in [0.29, 0.717) is 21.4 Å². The highest BCUT2D eigenvalue weighted by Crippen LogP contribution is 2.23. The van der Waals surface area contributed by atoms with Gasteiger partial charge in [-0.3, -0.25) is 4.79 Å². The molecule has 1 aromatic heterocycles. The summed E-state index contributed by atoms with van der Waals surface area (Å²) in [4.78, 5) is 18.7. The predicted octanol–water partition coefficient (Wildman–Crippen LogP) is 4.24. The lowest BCUT2D eigenvalue weighted by molar-refractivity contribution is 0.102. The monoisotopic (exact) mass is 335 g/mol. The predicted molar refractivity (Wildman–Crippen MR) is 90.1 cm³/mol. The van der Waals surface area contributed by atoms with E-state index in [2.05, 4.69) is 15.2 Å².